The van der Waals surface area contributed by atoms with Gasteiger partial charge in [0.05, 0.1) is 19.1 Å². The quantitative estimate of drug-likeness (QED) is 0.806. The number of hydrogen-bond donors (Lipinski definition) is 2. The fraction of sp³-hybridized carbons (Fsp3) is 0.500. The molecule has 0 aromatic heterocycles. The highest BCUT2D eigenvalue weighted by molar-refractivity contribution is 5.79. The molecule has 0 heterocycles. The number of nitrogens with one attached hydrogen (secondary N) is 1. The van der Waals surface area contributed by atoms with Crippen molar-refractivity contribution in [2.45, 2.75) is 32.3 Å². The summed E-state index contributed by atoms with van der Waals surface area (Å²) in [5.74, 6) is 0.586. The number of para-hydroxylation sites is 1. The minimum atomic E-state index is -0.851. The highest BCUT2D eigenvalue weighted by atomic mass is 16.5. The lowest BCUT2D eigenvalue weighted by molar-refractivity contribution is -0.121. The minimum absolute atomic E-state index is 0.117. The van der Waals surface area contributed by atoms with Gasteiger partial charge in [-0.15, -0.1) is 0 Å². The van der Waals surface area contributed by atoms with Gasteiger partial charge in [0.15, 0.2) is 0 Å². The summed E-state index contributed by atoms with van der Waals surface area (Å²) in [4.78, 5) is 11.8. The molecular formula is C14H21NO3. The van der Waals surface area contributed by atoms with Crippen molar-refractivity contribution in [1.29, 1.82) is 0 Å². The second-order valence-electron chi connectivity index (χ2n) is 4.62. The van der Waals surface area contributed by atoms with Gasteiger partial charge in [-0.3, -0.25) is 4.79 Å². The highest BCUT2D eigenvalue weighted by Gasteiger charge is 2.18. The van der Waals surface area contributed by atoms with Crippen LogP contribution in [0, 0.1) is 0 Å². The van der Waals surface area contributed by atoms with E-state index >= 15 is 0 Å². The molecule has 0 aliphatic rings. The zero-order valence-electron chi connectivity index (χ0n) is 11.2. The smallest absolute Gasteiger partial charge is 0.224 e. The van der Waals surface area contributed by atoms with Gasteiger partial charge in [0, 0.05) is 12.1 Å². The number of aliphatic hydroxyl groups is 1. The first-order chi connectivity index (χ1) is 8.48. The largest absolute Gasteiger partial charge is 0.496 e. The summed E-state index contributed by atoms with van der Waals surface area (Å²) in [5, 5.41) is 12.5. The SMILES string of the molecule is CCC(C)(O)CNC(=O)Cc1ccccc1OC. The van der Waals surface area contributed by atoms with Crippen LogP contribution in [0.3, 0.4) is 0 Å². The van der Waals surface area contributed by atoms with Crippen molar-refractivity contribution >= 4 is 5.91 Å². The maximum atomic E-state index is 11.8. The summed E-state index contributed by atoms with van der Waals surface area (Å²) >= 11 is 0. The van der Waals surface area contributed by atoms with E-state index in [1.54, 1.807) is 14.0 Å². The predicted molar refractivity (Wildman–Crippen MR) is 70.6 cm³/mol. The molecule has 4 nitrogen and oxygen atoms in total. The number of methoxy groups -OCH3 is 1. The minimum Gasteiger partial charge on any atom is -0.496 e. The van der Waals surface area contributed by atoms with Crippen LogP contribution in [0.2, 0.25) is 0 Å². The van der Waals surface area contributed by atoms with Crippen LogP contribution in [-0.2, 0) is 11.2 Å². The standard InChI is InChI=1S/C14H21NO3/c1-4-14(2,17)10-15-13(16)9-11-7-5-6-8-12(11)18-3/h5-8,17H,4,9-10H2,1-3H3,(H,15,16). The molecule has 2 N–H and O–H groups in total. The first-order valence-electron chi connectivity index (χ1n) is 6.09. The van der Waals surface area contributed by atoms with Crippen LogP contribution >= 0.6 is 0 Å². The summed E-state index contributed by atoms with van der Waals surface area (Å²) in [6.07, 6.45) is 0.853. The van der Waals surface area contributed by atoms with Gasteiger partial charge in [0.2, 0.25) is 5.91 Å². The Morgan fingerprint density at radius 3 is 2.72 bits per heavy atom. The lowest BCUT2D eigenvalue weighted by Crippen LogP contribution is -2.40. The zero-order valence-corrected chi connectivity index (χ0v) is 11.2. The molecule has 4 heteroatoms. The summed E-state index contributed by atoms with van der Waals surface area (Å²) in [6, 6.07) is 7.41. The fourth-order valence-electron chi connectivity index (χ4n) is 1.50. The number of carbonyl (C=O) groups excluding carboxylic acids is 1. The Labute approximate surface area is 108 Å². The van der Waals surface area contributed by atoms with E-state index in [-0.39, 0.29) is 18.9 Å². The van der Waals surface area contributed by atoms with Crippen LogP contribution in [0.1, 0.15) is 25.8 Å². The Balaban J connectivity index is 2.55. The third kappa shape index (κ3) is 4.37. The Morgan fingerprint density at radius 2 is 2.11 bits per heavy atom. The molecule has 1 unspecified atom stereocenters. The van der Waals surface area contributed by atoms with Crippen molar-refractivity contribution in [3.8, 4) is 5.75 Å². The molecule has 1 atom stereocenters. The van der Waals surface area contributed by atoms with Crippen molar-refractivity contribution in [3.63, 3.8) is 0 Å². The highest BCUT2D eigenvalue weighted by Crippen LogP contribution is 2.17. The second-order valence-corrected chi connectivity index (χ2v) is 4.62. The average molecular weight is 251 g/mol. The van der Waals surface area contributed by atoms with E-state index in [0.717, 1.165) is 5.56 Å². The molecule has 1 aromatic carbocycles. The maximum absolute atomic E-state index is 11.8. The molecular weight excluding hydrogens is 230 g/mol. The Bertz CT molecular complexity index is 402. The molecule has 0 radical (unpaired) electrons. The molecule has 1 aromatic rings. The Hall–Kier alpha value is -1.55. The van der Waals surface area contributed by atoms with E-state index in [0.29, 0.717) is 12.2 Å². The van der Waals surface area contributed by atoms with Gasteiger partial charge in [-0.2, -0.15) is 0 Å². The van der Waals surface area contributed by atoms with Gasteiger partial charge >= 0.3 is 0 Å². The van der Waals surface area contributed by atoms with Crippen molar-refractivity contribution in [3.05, 3.63) is 29.8 Å². The van der Waals surface area contributed by atoms with E-state index < -0.39 is 5.60 Å². The first kappa shape index (κ1) is 14.5. The van der Waals surface area contributed by atoms with Crippen LogP contribution < -0.4 is 10.1 Å². The number of ether oxygens (including phenoxy) is 1. The fourth-order valence-corrected chi connectivity index (χ4v) is 1.50. The van der Waals surface area contributed by atoms with Gasteiger partial charge in [0.1, 0.15) is 5.75 Å². The normalized spacial score (nSPS) is 13.8. The van der Waals surface area contributed by atoms with Crippen LogP contribution in [0.5, 0.6) is 5.75 Å². The molecule has 0 aliphatic heterocycles. The van der Waals surface area contributed by atoms with E-state index in [1.165, 1.54) is 0 Å². The van der Waals surface area contributed by atoms with Crippen molar-refractivity contribution < 1.29 is 14.6 Å². The summed E-state index contributed by atoms with van der Waals surface area (Å²) in [6.45, 7) is 3.85. The number of carbonyl (C=O) groups is 1. The van der Waals surface area contributed by atoms with E-state index in [4.69, 9.17) is 4.74 Å². The Kier molecular flexibility index (Phi) is 5.16. The summed E-state index contributed by atoms with van der Waals surface area (Å²) in [5.41, 5.74) is -0.00943. The molecule has 0 fully saturated rings. The van der Waals surface area contributed by atoms with Crippen LogP contribution in [-0.4, -0.2) is 30.3 Å². The van der Waals surface area contributed by atoms with Crippen LogP contribution in [0.25, 0.3) is 0 Å². The summed E-state index contributed by atoms with van der Waals surface area (Å²) in [7, 11) is 1.58. The summed E-state index contributed by atoms with van der Waals surface area (Å²) < 4.78 is 5.18. The Morgan fingerprint density at radius 1 is 1.44 bits per heavy atom. The first-order valence-corrected chi connectivity index (χ1v) is 6.09. The van der Waals surface area contributed by atoms with E-state index in [1.807, 2.05) is 31.2 Å². The third-order valence-electron chi connectivity index (χ3n) is 2.97. The molecule has 0 spiro atoms. The second kappa shape index (κ2) is 6.40. The number of hydrogen-bond acceptors (Lipinski definition) is 3. The molecule has 0 aliphatic carbocycles. The topological polar surface area (TPSA) is 58.6 Å². The monoisotopic (exact) mass is 251 g/mol. The van der Waals surface area contributed by atoms with Crippen molar-refractivity contribution in [1.82, 2.24) is 5.32 Å². The van der Waals surface area contributed by atoms with Gasteiger partial charge < -0.3 is 15.2 Å². The number of amides is 1. The molecule has 18 heavy (non-hydrogen) atoms. The van der Waals surface area contributed by atoms with E-state index in [9.17, 15) is 9.90 Å². The van der Waals surface area contributed by atoms with Crippen LogP contribution in [0.15, 0.2) is 24.3 Å². The molecule has 0 saturated carbocycles. The average Bonchev–Trinajstić information content (AvgIpc) is 2.37. The third-order valence-corrected chi connectivity index (χ3v) is 2.97. The zero-order chi connectivity index (χ0) is 13.6. The molecule has 0 bridgehead atoms. The maximum Gasteiger partial charge on any atom is 0.224 e. The van der Waals surface area contributed by atoms with E-state index in [2.05, 4.69) is 5.32 Å². The molecule has 1 rings (SSSR count). The van der Waals surface area contributed by atoms with Gasteiger partial charge in [0.25, 0.3) is 0 Å². The van der Waals surface area contributed by atoms with Crippen molar-refractivity contribution in [2.24, 2.45) is 0 Å². The van der Waals surface area contributed by atoms with Crippen molar-refractivity contribution in [2.75, 3.05) is 13.7 Å². The number of benzene rings is 1. The predicted octanol–water partition coefficient (Wildman–Crippen LogP) is 1.51. The van der Waals surface area contributed by atoms with Crippen LogP contribution in [0.4, 0.5) is 0 Å². The molecule has 0 saturated heterocycles. The lowest BCUT2D eigenvalue weighted by atomic mass is 10.0. The van der Waals surface area contributed by atoms with Gasteiger partial charge in [-0.25, -0.2) is 0 Å². The van der Waals surface area contributed by atoms with Gasteiger partial charge in [-0.05, 0) is 19.4 Å². The number of rotatable bonds is 6. The molecule has 1 amide bonds. The lowest BCUT2D eigenvalue weighted by Gasteiger charge is -2.21. The molecule has 100 valence electrons. The van der Waals surface area contributed by atoms with Gasteiger partial charge in [-0.1, -0.05) is 25.1 Å².